The summed E-state index contributed by atoms with van der Waals surface area (Å²) in [6.07, 6.45) is 4.57. The smallest absolute Gasteiger partial charge is 0.194 e. The average molecular weight is 232 g/mol. The molecule has 0 saturated carbocycles. The van der Waals surface area contributed by atoms with E-state index in [1.165, 1.54) is 30.4 Å². The molecule has 0 aliphatic carbocycles. The van der Waals surface area contributed by atoms with Crippen molar-refractivity contribution in [1.29, 1.82) is 0 Å². The van der Waals surface area contributed by atoms with Crippen molar-refractivity contribution < 1.29 is 9.59 Å². The van der Waals surface area contributed by atoms with Gasteiger partial charge in [-0.15, -0.1) is 11.3 Å². The first kappa shape index (κ1) is 12.3. The molecule has 0 spiro atoms. The molecule has 3 heteroatoms. The zero-order valence-corrected chi connectivity index (χ0v) is 9.84. The summed E-state index contributed by atoms with van der Waals surface area (Å²) in [5.74, 6) is -0.290. The van der Waals surface area contributed by atoms with Crippen molar-refractivity contribution in [3.63, 3.8) is 0 Å². The minimum absolute atomic E-state index is 0.0969. The first-order chi connectivity index (χ1) is 7.61. The average Bonchev–Trinajstić information content (AvgIpc) is 2.73. The first-order valence-electron chi connectivity index (χ1n) is 4.70. The highest BCUT2D eigenvalue weighted by molar-refractivity contribution is 7.12. The largest absolute Gasteiger partial charge is 0.294 e. The van der Waals surface area contributed by atoms with Crippen LogP contribution < -0.4 is 0 Å². The normalized spacial score (nSPS) is 10.9. The molecule has 0 unspecified atom stereocenters. The third-order valence-electron chi connectivity index (χ3n) is 2.01. The topological polar surface area (TPSA) is 34.1 Å². The number of allylic oxidation sites excluding steroid dienone is 4. The van der Waals surface area contributed by atoms with Gasteiger partial charge in [-0.05, 0) is 18.4 Å². The zero-order valence-electron chi connectivity index (χ0n) is 9.03. The molecule has 0 saturated heterocycles. The summed E-state index contributed by atoms with van der Waals surface area (Å²) in [4.78, 5) is 23.8. The van der Waals surface area contributed by atoms with E-state index in [0.717, 1.165) is 0 Å². The SMILES string of the molecule is C=C/C=C(\C=C)C(=O)c1ccsc1C(C)=O. The first-order valence-corrected chi connectivity index (χ1v) is 5.58. The van der Waals surface area contributed by atoms with Gasteiger partial charge in [-0.25, -0.2) is 0 Å². The lowest BCUT2D eigenvalue weighted by atomic mass is 10.0. The molecule has 0 aliphatic heterocycles. The van der Waals surface area contributed by atoms with E-state index in [4.69, 9.17) is 0 Å². The molecule has 2 nitrogen and oxygen atoms in total. The highest BCUT2D eigenvalue weighted by atomic mass is 32.1. The number of carbonyl (C=O) groups excluding carboxylic acids is 2. The van der Waals surface area contributed by atoms with Crippen molar-refractivity contribution in [2.24, 2.45) is 0 Å². The molecular weight excluding hydrogens is 220 g/mol. The Hall–Kier alpha value is -1.74. The van der Waals surface area contributed by atoms with Crippen LogP contribution in [-0.4, -0.2) is 11.6 Å². The lowest BCUT2D eigenvalue weighted by Gasteiger charge is -2.00. The van der Waals surface area contributed by atoms with E-state index in [-0.39, 0.29) is 11.6 Å². The monoisotopic (exact) mass is 232 g/mol. The van der Waals surface area contributed by atoms with E-state index in [1.807, 2.05) is 0 Å². The van der Waals surface area contributed by atoms with Gasteiger partial charge in [0.25, 0.3) is 0 Å². The van der Waals surface area contributed by atoms with Crippen LogP contribution in [0.2, 0.25) is 0 Å². The van der Waals surface area contributed by atoms with Gasteiger partial charge >= 0.3 is 0 Å². The van der Waals surface area contributed by atoms with Gasteiger partial charge in [0.2, 0.25) is 0 Å². The molecule has 0 aromatic carbocycles. The van der Waals surface area contributed by atoms with Crippen molar-refractivity contribution in [2.75, 3.05) is 0 Å². The summed E-state index contributed by atoms with van der Waals surface area (Å²) in [5.41, 5.74) is 0.876. The Kier molecular flexibility index (Phi) is 4.14. The van der Waals surface area contributed by atoms with Gasteiger partial charge in [0, 0.05) is 11.1 Å². The van der Waals surface area contributed by atoms with E-state index in [9.17, 15) is 9.59 Å². The molecule has 0 aliphatic rings. The summed E-state index contributed by atoms with van der Waals surface area (Å²) in [6, 6.07) is 1.66. The number of hydrogen-bond donors (Lipinski definition) is 0. The number of carbonyl (C=O) groups is 2. The maximum Gasteiger partial charge on any atom is 0.194 e. The maximum absolute atomic E-state index is 12.0. The van der Waals surface area contributed by atoms with Gasteiger partial charge in [-0.3, -0.25) is 9.59 Å². The molecule has 1 aromatic rings. The third-order valence-corrected chi connectivity index (χ3v) is 3.02. The summed E-state index contributed by atoms with van der Waals surface area (Å²) in [6.45, 7) is 8.55. The van der Waals surface area contributed by atoms with E-state index >= 15 is 0 Å². The lowest BCUT2D eigenvalue weighted by molar-refractivity contribution is 0.0994. The molecular formula is C13H12O2S. The fourth-order valence-corrected chi connectivity index (χ4v) is 2.07. The Morgan fingerprint density at radius 1 is 1.38 bits per heavy atom. The third kappa shape index (κ3) is 2.44. The highest BCUT2D eigenvalue weighted by Gasteiger charge is 2.17. The summed E-state index contributed by atoms with van der Waals surface area (Å²) < 4.78 is 0. The Bertz CT molecular complexity index is 478. The Morgan fingerprint density at radius 2 is 2.06 bits per heavy atom. The Morgan fingerprint density at radius 3 is 2.56 bits per heavy atom. The highest BCUT2D eigenvalue weighted by Crippen LogP contribution is 2.21. The van der Waals surface area contributed by atoms with Gasteiger partial charge in [0.05, 0.1) is 4.88 Å². The predicted octanol–water partition coefficient (Wildman–Crippen LogP) is 3.43. The van der Waals surface area contributed by atoms with Crippen molar-refractivity contribution >= 4 is 22.9 Å². The molecule has 0 fully saturated rings. The molecule has 0 bridgehead atoms. The molecule has 0 amide bonds. The van der Waals surface area contributed by atoms with Crippen molar-refractivity contribution in [1.82, 2.24) is 0 Å². The molecule has 82 valence electrons. The summed E-state index contributed by atoms with van der Waals surface area (Å²) in [5, 5.41) is 1.73. The second kappa shape index (κ2) is 5.37. The minimum Gasteiger partial charge on any atom is -0.294 e. The number of ketones is 2. The van der Waals surface area contributed by atoms with Crippen LogP contribution in [-0.2, 0) is 0 Å². The van der Waals surface area contributed by atoms with Crippen LogP contribution in [0, 0.1) is 0 Å². The summed E-state index contributed by atoms with van der Waals surface area (Å²) >= 11 is 1.27. The molecule has 0 radical (unpaired) electrons. The van der Waals surface area contributed by atoms with Gasteiger partial charge < -0.3 is 0 Å². The molecule has 0 N–H and O–H groups in total. The quantitative estimate of drug-likeness (QED) is 0.443. The van der Waals surface area contributed by atoms with Crippen LogP contribution in [0.3, 0.4) is 0 Å². The van der Waals surface area contributed by atoms with Gasteiger partial charge in [0.1, 0.15) is 0 Å². The van der Waals surface area contributed by atoms with E-state index in [2.05, 4.69) is 13.2 Å². The number of thiophene rings is 1. The second-order valence-corrected chi connectivity index (χ2v) is 4.03. The number of hydrogen-bond acceptors (Lipinski definition) is 3. The molecule has 1 aromatic heterocycles. The van der Waals surface area contributed by atoms with Crippen molar-refractivity contribution in [2.45, 2.75) is 6.92 Å². The Balaban J connectivity index is 3.18. The minimum atomic E-state index is -0.193. The fourth-order valence-electron chi connectivity index (χ4n) is 1.28. The van der Waals surface area contributed by atoms with Crippen LogP contribution in [0.1, 0.15) is 27.0 Å². The number of rotatable bonds is 5. The van der Waals surface area contributed by atoms with Crippen molar-refractivity contribution in [3.8, 4) is 0 Å². The Labute approximate surface area is 98.6 Å². The van der Waals surface area contributed by atoms with Gasteiger partial charge in [0.15, 0.2) is 11.6 Å². The van der Waals surface area contributed by atoms with E-state index in [1.54, 1.807) is 17.5 Å². The van der Waals surface area contributed by atoms with Crippen molar-refractivity contribution in [3.05, 3.63) is 58.8 Å². The standard InChI is InChI=1S/C13H12O2S/c1-4-6-10(5-2)12(15)11-7-8-16-13(11)9(3)14/h4-8H,1-2H2,3H3/b10-6+. The van der Waals surface area contributed by atoms with Gasteiger partial charge in [-0.2, -0.15) is 0 Å². The van der Waals surface area contributed by atoms with Crippen LogP contribution in [0.5, 0.6) is 0 Å². The van der Waals surface area contributed by atoms with Crippen LogP contribution in [0.25, 0.3) is 0 Å². The van der Waals surface area contributed by atoms with E-state index in [0.29, 0.717) is 16.0 Å². The van der Waals surface area contributed by atoms with E-state index < -0.39 is 0 Å². The molecule has 16 heavy (non-hydrogen) atoms. The van der Waals surface area contributed by atoms with Gasteiger partial charge in [-0.1, -0.05) is 31.4 Å². The molecule has 0 atom stereocenters. The fraction of sp³-hybridized carbons (Fsp3) is 0.0769. The lowest BCUT2D eigenvalue weighted by Crippen LogP contribution is -2.05. The second-order valence-electron chi connectivity index (χ2n) is 3.11. The maximum atomic E-state index is 12.0. The van der Waals surface area contributed by atoms with Crippen LogP contribution >= 0.6 is 11.3 Å². The van der Waals surface area contributed by atoms with Crippen LogP contribution in [0.4, 0.5) is 0 Å². The number of Topliss-reactive ketones (excluding diaryl/α,β-unsaturated/α-hetero) is 2. The summed E-state index contributed by atoms with van der Waals surface area (Å²) in [7, 11) is 0. The predicted molar refractivity (Wildman–Crippen MR) is 67.1 cm³/mol. The molecule has 1 rings (SSSR count). The van der Waals surface area contributed by atoms with Crippen LogP contribution in [0.15, 0.2) is 48.4 Å². The molecule has 1 heterocycles. The zero-order chi connectivity index (χ0) is 12.1.